The van der Waals surface area contributed by atoms with Gasteiger partial charge in [0, 0.05) is 6.20 Å². The largest absolute Gasteiger partial charge is 0.485 e. The second-order valence-electron chi connectivity index (χ2n) is 1.41. The van der Waals surface area contributed by atoms with Crippen molar-refractivity contribution in [2.75, 3.05) is 13.3 Å². The van der Waals surface area contributed by atoms with E-state index in [9.17, 15) is 4.79 Å². The van der Waals surface area contributed by atoms with Crippen molar-refractivity contribution in [1.82, 2.24) is 5.32 Å². The molecule has 4 N–H and O–H groups in total. The highest BCUT2D eigenvalue weighted by molar-refractivity contribution is 5.69. The Morgan fingerprint density at radius 1 is 1.80 bits per heavy atom. The molecule has 0 fully saturated rings. The van der Waals surface area contributed by atoms with Gasteiger partial charge in [-0.15, -0.1) is 0 Å². The maximum absolute atomic E-state index is 9.87. The Bertz CT molecular complexity index is 124. The van der Waals surface area contributed by atoms with Crippen LogP contribution in [-0.4, -0.2) is 24.4 Å². The number of hydrogen-bond donors (Lipinski definition) is 3. The van der Waals surface area contributed by atoms with E-state index in [0.29, 0.717) is 0 Å². The molecule has 0 saturated carbocycles. The Labute approximate surface area is 58.5 Å². The summed E-state index contributed by atoms with van der Waals surface area (Å²) in [5.74, 6) is -0.919. The maximum atomic E-state index is 9.87. The molecule has 0 rings (SSSR count). The molecule has 0 unspecified atom stereocenters. The molecule has 0 aliphatic heterocycles. The molecule has 0 aromatic carbocycles. The standard InChI is InChI=1S/C5H10N2O3/c6-4-10-2-1-7-3-5(8)9/h1-2,7H,3-4,6H2,(H,8,9). The van der Waals surface area contributed by atoms with Crippen molar-refractivity contribution in [2.24, 2.45) is 5.73 Å². The van der Waals surface area contributed by atoms with Gasteiger partial charge in [0.25, 0.3) is 0 Å². The monoisotopic (exact) mass is 146 g/mol. The Balaban J connectivity index is 3.10. The van der Waals surface area contributed by atoms with Gasteiger partial charge in [-0.2, -0.15) is 0 Å². The molecule has 0 radical (unpaired) electrons. The topological polar surface area (TPSA) is 84.6 Å². The van der Waals surface area contributed by atoms with Gasteiger partial charge in [0.2, 0.25) is 0 Å². The number of nitrogens with one attached hydrogen (secondary N) is 1. The normalized spacial score (nSPS) is 9.70. The first-order valence-corrected chi connectivity index (χ1v) is 2.69. The third kappa shape index (κ3) is 6.77. The summed E-state index contributed by atoms with van der Waals surface area (Å²) in [6, 6.07) is 0. The van der Waals surface area contributed by atoms with Crippen LogP contribution >= 0.6 is 0 Å². The molecule has 0 bridgehead atoms. The van der Waals surface area contributed by atoms with Gasteiger partial charge in [-0.3, -0.25) is 10.5 Å². The summed E-state index contributed by atoms with van der Waals surface area (Å²) in [6.07, 6.45) is 2.67. The number of hydrogen-bond acceptors (Lipinski definition) is 4. The van der Waals surface area contributed by atoms with Crippen molar-refractivity contribution in [1.29, 1.82) is 0 Å². The fraction of sp³-hybridized carbons (Fsp3) is 0.400. The maximum Gasteiger partial charge on any atom is 0.322 e. The average Bonchev–Trinajstić information content (AvgIpc) is 1.87. The van der Waals surface area contributed by atoms with Crippen LogP contribution in [0.5, 0.6) is 0 Å². The van der Waals surface area contributed by atoms with Crippen LogP contribution in [0.2, 0.25) is 0 Å². The lowest BCUT2D eigenvalue weighted by atomic mass is 10.6. The van der Waals surface area contributed by atoms with Gasteiger partial charge < -0.3 is 15.2 Å². The van der Waals surface area contributed by atoms with Crippen LogP contribution in [0.3, 0.4) is 0 Å². The van der Waals surface area contributed by atoms with E-state index in [1.165, 1.54) is 12.5 Å². The molecule has 0 aromatic heterocycles. The van der Waals surface area contributed by atoms with Crippen LogP contribution < -0.4 is 11.1 Å². The molecular weight excluding hydrogens is 136 g/mol. The third-order valence-corrected chi connectivity index (χ3v) is 0.632. The van der Waals surface area contributed by atoms with Crippen molar-refractivity contribution in [3.05, 3.63) is 12.5 Å². The minimum Gasteiger partial charge on any atom is -0.485 e. The van der Waals surface area contributed by atoms with E-state index in [1.807, 2.05) is 0 Å². The van der Waals surface area contributed by atoms with E-state index in [0.717, 1.165) is 0 Å². The molecule has 0 aliphatic carbocycles. The molecule has 58 valence electrons. The van der Waals surface area contributed by atoms with Gasteiger partial charge in [-0.05, 0) is 0 Å². The zero-order valence-electron chi connectivity index (χ0n) is 5.41. The van der Waals surface area contributed by atoms with Crippen LogP contribution in [0.4, 0.5) is 0 Å². The van der Waals surface area contributed by atoms with Crippen LogP contribution in [0.25, 0.3) is 0 Å². The number of carboxylic acids is 1. The minimum absolute atomic E-state index is 0.0885. The zero-order valence-corrected chi connectivity index (χ0v) is 5.41. The summed E-state index contributed by atoms with van der Waals surface area (Å²) >= 11 is 0. The Kier molecular flexibility index (Phi) is 5.17. The highest BCUT2D eigenvalue weighted by Gasteiger charge is 1.88. The van der Waals surface area contributed by atoms with E-state index in [4.69, 9.17) is 10.8 Å². The van der Waals surface area contributed by atoms with Gasteiger partial charge in [0.1, 0.15) is 19.5 Å². The average molecular weight is 146 g/mol. The van der Waals surface area contributed by atoms with Gasteiger partial charge in [-0.1, -0.05) is 0 Å². The second-order valence-corrected chi connectivity index (χ2v) is 1.41. The predicted molar refractivity (Wildman–Crippen MR) is 34.9 cm³/mol. The Hall–Kier alpha value is -1.23. The molecule has 0 amide bonds. The van der Waals surface area contributed by atoms with Crippen molar-refractivity contribution in [3.8, 4) is 0 Å². The summed E-state index contributed by atoms with van der Waals surface area (Å²) in [5.41, 5.74) is 4.95. The van der Waals surface area contributed by atoms with E-state index < -0.39 is 5.97 Å². The van der Waals surface area contributed by atoms with Crippen molar-refractivity contribution >= 4 is 5.97 Å². The Morgan fingerprint density at radius 2 is 2.50 bits per heavy atom. The molecule has 0 heterocycles. The van der Waals surface area contributed by atoms with E-state index in [2.05, 4.69) is 10.1 Å². The lowest BCUT2D eigenvalue weighted by molar-refractivity contribution is -0.135. The van der Waals surface area contributed by atoms with E-state index in [-0.39, 0.29) is 13.3 Å². The molecule has 0 spiro atoms. The van der Waals surface area contributed by atoms with Crippen molar-refractivity contribution in [2.45, 2.75) is 0 Å². The number of carbonyl (C=O) groups is 1. The Morgan fingerprint density at radius 3 is 3.00 bits per heavy atom. The van der Waals surface area contributed by atoms with E-state index >= 15 is 0 Å². The van der Waals surface area contributed by atoms with Crippen molar-refractivity contribution in [3.63, 3.8) is 0 Å². The number of carboxylic acid groups (broad SMARTS) is 1. The number of rotatable bonds is 5. The number of ether oxygens (including phenoxy) is 1. The fourth-order valence-electron chi connectivity index (χ4n) is 0.298. The first-order chi connectivity index (χ1) is 4.77. The smallest absolute Gasteiger partial charge is 0.322 e. The molecule has 0 atom stereocenters. The lowest BCUT2D eigenvalue weighted by Gasteiger charge is -1.94. The summed E-state index contributed by atoms with van der Waals surface area (Å²) in [5, 5.41) is 10.6. The highest BCUT2D eigenvalue weighted by Crippen LogP contribution is 1.69. The second kappa shape index (κ2) is 5.90. The van der Waals surface area contributed by atoms with Crippen LogP contribution in [0.15, 0.2) is 12.5 Å². The summed E-state index contributed by atoms with van der Waals surface area (Å²) in [6.45, 7) is -0.0321. The SMILES string of the molecule is NCOC=CNCC(=O)O. The first-order valence-electron chi connectivity index (χ1n) is 2.69. The molecule has 0 aliphatic rings. The molecule has 0 aromatic rings. The molecule has 0 saturated heterocycles. The minimum atomic E-state index is -0.919. The zero-order chi connectivity index (χ0) is 7.82. The van der Waals surface area contributed by atoms with Gasteiger partial charge >= 0.3 is 5.97 Å². The molecule has 10 heavy (non-hydrogen) atoms. The summed E-state index contributed by atoms with van der Waals surface area (Å²) in [4.78, 5) is 9.87. The first kappa shape index (κ1) is 8.77. The van der Waals surface area contributed by atoms with Crippen molar-refractivity contribution < 1.29 is 14.6 Å². The van der Waals surface area contributed by atoms with Gasteiger partial charge in [-0.25, -0.2) is 0 Å². The fourth-order valence-corrected chi connectivity index (χ4v) is 0.298. The summed E-state index contributed by atoms with van der Waals surface area (Å²) < 4.78 is 4.56. The molecular formula is C5H10N2O3. The van der Waals surface area contributed by atoms with E-state index in [1.54, 1.807) is 0 Å². The lowest BCUT2D eigenvalue weighted by Crippen LogP contribution is -2.16. The number of aliphatic carboxylic acids is 1. The summed E-state index contributed by atoms with van der Waals surface area (Å²) in [7, 11) is 0. The molecule has 5 heteroatoms. The van der Waals surface area contributed by atoms with Gasteiger partial charge in [0.05, 0.1) is 0 Å². The number of nitrogens with two attached hydrogens (primary N) is 1. The highest BCUT2D eigenvalue weighted by atomic mass is 16.5. The third-order valence-electron chi connectivity index (χ3n) is 0.632. The van der Waals surface area contributed by atoms with Gasteiger partial charge in [0.15, 0.2) is 0 Å². The van der Waals surface area contributed by atoms with Crippen LogP contribution in [0.1, 0.15) is 0 Å². The predicted octanol–water partition coefficient (Wildman–Crippen LogP) is -0.935. The quantitative estimate of drug-likeness (QED) is 0.344. The van der Waals surface area contributed by atoms with Crippen LogP contribution in [0, 0.1) is 0 Å². The van der Waals surface area contributed by atoms with Crippen LogP contribution in [-0.2, 0) is 9.53 Å². The molecule has 5 nitrogen and oxygen atoms in total.